The zero-order valence-electron chi connectivity index (χ0n) is 6.92. The molecule has 0 aliphatic heterocycles. The van der Waals surface area contributed by atoms with Gasteiger partial charge in [0.15, 0.2) is 0 Å². The van der Waals surface area contributed by atoms with Gasteiger partial charge in [0.05, 0.1) is 12.6 Å². The third-order valence-electron chi connectivity index (χ3n) is 0.690. The third-order valence-corrected chi connectivity index (χ3v) is 0.690. The van der Waals surface area contributed by atoms with Gasteiger partial charge in [0.25, 0.3) is 0 Å². The number of carbonyl (C=O) groups is 1. The molecule has 0 aliphatic rings. The van der Waals surface area contributed by atoms with Crippen molar-refractivity contribution in [2.45, 2.75) is 6.42 Å². The van der Waals surface area contributed by atoms with Gasteiger partial charge in [-0.1, -0.05) is 0 Å². The fraction of sp³-hybridized carbons (Fsp3) is 0.600. The van der Waals surface area contributed by atoms with E-state index in [0.29, 0.717) is 13.0 Å². The molecule has 0 atom stereocenters. The average molecular weight is 152 g/mol. The number of aliphatic carboxylic acids is 1. The molecular formula is C5H9N2NaO2. The van der Waals surface area contributed by atoms with Crippen LogP contribution in [0.2, 0.25) is 0 Å². The van der Waals surface area contributed by atoms with E-state index >= 15 is 0 Å². The van der Waals surface area contributed by atoms with E-state index in [9.17, 15) is 4.79 Å². The number of nitrogens with one attached hydrogen (secondary N) is 1. The Morgan fingerprint density at radius 1 is 1.80 bits per heavy atom. The number of nitriles is 1. The van der Waals surface area contributed by atoms with Crippen molar-refractivity contribution in [2.75, 3.05) is 13.1 Å². The van der Waals surface area contributed by atoms with Crippen LogP contribution >= 0.6 is 0 Å². The largest absolute Gasteiger partial charge is 1.00 e. The first-order valence-corrected chi connectivity index (χ1v) is 2.57. The summed E-state index contributed by atoms with van der Waals surface area (Å²) in [6.07, 6.45) is 0.354. The van der Waals surface area contributed by atoms with Gasteiger partial charge in [-0.05, 0) is 0 Å². The van der Waals surface area contributed by atoms with Crippen LogP contribution in [0.5, 0.6) is 0 Å². The summed E-state index contributed by atoms with van der Waals surface area (Å²) in [6, 6.07) is 1.89. The van der Waals surface area contributed by atoms with Crippen LogP contribution in [0, 0.1) is 11.3 Å². The molecule has 10 heavy (non-hydrogen) atoms. The normalized spacial score (nSPS) is 7.50. The Morgan fingerprint density at radius 3 is 2.80 bits per heavy atom. The minimum Gasteiger partial charge on any atom is -1.00 e. The molecule has 0 fully saturated rings. The Hall–Kier alpha value is -0.0800. The second-order valence-corrected chi connectivity index (χ2v) is 1.48. The van der Waals surface area contributed by atoms with E-state index in [1.165, 1.54) is 0 Å². The van der Waals surface area contributed by atoms with Crippen molar-refractivity contribution >= 4 is 5.97 Å². The molecule has 5 heteroatoms. The molecule has 4 nitrogen and oxygen atoms in total. The summed E-state index contributed by atoms with van der Waals surface area (Å²) in [4.78, 5) is 9.82. The van der Waals surface area contributed by atoms with Gasteiger partial charge in [-0.15, -0.1) is 0 Å². The first kappa shape index (κ1) is 12.6. The fourth-order valence-corrected chi connectivity index (χ4v) is 0.340. The maximum Gasteiger partial charge on any atom is 1.00 e. The molecule has 0 amide bonds. The van der Waals surface area contributed by atoms with Crippen LogP contribution < -0.4 is 34.9 Å². The summed E-state index contributed by atoms with van der Waals surface area (Å²) in [7, 11) is 0. The smallest absolute Gasteiger partial charge is 1.00 e. The minimum atomic E-state index is -0.895. The Labute approximate surface area is 83.0 Å². The van der Waals surface area contributed by atoms with Gasteiger partial charge in [0.2, 0.25) is 0 Å². The molecule has 0 aliphatic carbocycles. The van der Waals surface area contributed by atoms with Crippen molar-refractivity contribution in [3.05, 3.63) is 0 Å². The van der Waals surface area contributed by atoms with E-state index < -0.39 is 5.97 Å². The molecule has 0 aromatic carbocycles. The van der Waals surface area contributed by atoms with Crippen LogP contribution in [0.15, 0.2) is 0 Å². The summed E-state index contributed by atoms with van der Waals surface area (Å²) in [5, 5.41) is 18.6. The number of carboxylic acids is 1. The zero-order valence-corrected chi connectivity index (χ0v) is 7.92. The van der Waals surface area contributed by atoms with E-state index in [-0.39, 0.29) is 37.5 Å². The molecule has 0 radical (unpaired) electrons. The van der Waals surface area contributed by atoms with Crippen LogP contribution in [0.4, 0.5) is 0 Å². The maximum absolute atomic E-state index is 9.82. The number of hydrogen-bond acceptors (Lipinski definition) is 3. The van der Waals surface area contributed by atoms with Crippen molar-refractivity contribution < 1.29 is 40.9 Å². The molecule has 0 unspecified atom stereocenters. The van der Waals surface area contributed by atoms with E-state index in [1.807, 2.05) is 6.07 Å². The predicted octanol–water partition coefficient (Wildman–Crippen LogP) is -3.31. The van der Waals surface area contributed by atoms with Gasteiger partial charge in [0.1, 0.15) is 0 Å². The topological polar surface area (TPSA) is 73.1 Å². The van der Waals surface area contributed by atoms with Crippen LogP contribution in [0.1, 0.15) is 7.85 Å². The Kier molecular flexibility index (Phi) is 11.2. The molecule has 52 valence electrons. The van der Waals surface area contributed by atoms with E-state index in [1.54, 1.807) is 0 Å². The summed E-state index contributed by atoms with van der Waals surface area (Å²) in [5.74, 6) is -0.895. The second kappa shape index (κ2) is 8.92. The van der Waals surface area contributed by atoms with Crippen LogP contribution in [0.25, 0.3) is 0 Å². The van der Waals surface area contributed by atoms with Crippen molar-refractivity contribution in [1.29, 1.82) is 5.26 Å². The minimum absolute atomic E-state index is 0. The molecule has 0 saturated heterocycles. The van der Waals surface area contributed by atoms with E-state index in [0.717, 1.165) is 0 Å². The fourth-order valence-electron chi connectivity index (χ4n) is 0.340. The number of nitrogens with zero attached hydrogens (tertiary/aromatic N) is 1. The van der Waals surface area contributed by atoms with E-state index in [2.05, 4.69) is 5.32 Å². The number of rotatable bonds is 4. The van der Waals surface area contributed by atoms with E-state index in [4.69, 9.17) is 10.4 Å². The van der Waals surface area contributed by atoms with Crippen molar-refractivity contribution in [3.63, 3.8) is 0 Å². The standard InChI is InChI=1S/C5H8N2O2.Na.H/c6-2-1-3-7-4-5(8)9;;/h7H,1,3-4H2,(H,8,9);;/q;+1;-1. The Bertz CT molecular complexity index is 137. The van der Waals surface area contributed by atoms with Gasteiger partial charge < -0.3 is 11.8 Å². The first-order chi connectivity index (χ1) is 4.27. The summed E-state index contributed by atoms with van der Waals surface area (Å²) in [6.45, 7) is 0.379. The van der Waals surface area contributed by atoms with Gasteiger partial charge in [-0.3, -0.25) is 4.79 Å². The monoisotopic (exact) mass is 152 g/mol. The molecule has 2 N–H and O–H groups in total. The average Bonchev–Trinajstić information content (AvgIpc) is 1.80. The molecule has 0 rings (SSSR count). The first-order valence-electron chi connectivity index (χ1n) is 2.57. The summed E-state index contributed by atoms with van der Waals surface area (Å²) >= 11 is 0. The van der Waals surface area contributed by atoms with Gasteiger partial charge in [-0.2, -0.15) is 5.26 Å². The van der Waals surface area contributed by atoms with Crippen molar-refractivity contribution in [3.8, 4) is 6.07 Å². The Balaban J connectivity index is -0.000000320. The number of hydrogen-bond donors (Lipinski definition) is 2. The predicted molar refractivity (Wildman–Crippen MR) is 31.8 cm³/mol. The molecule has 0 saturated carbocycles. The van der Waals surface area contributed by atoms with Crippen LogP contribution in [-0.2, 0) is 4.79 Å². The summed E-state index contributed by atoms with van der Waals surface area (Å²) < 4.78 is 0. The van der Waals surface area contributed by atoms with Gasteiger partial charge in [-0.25, -0.2) is 0 Å². The molecule has 0 aromatic heterocycles. The molecule has 0 heterocycles. The van der Waals surface area contributed by atoms with Crippen LogP contribution in [0.3, 0.4) is 0 Å². The second-order valence-electron chi connectivity index (χ2n) is 1.48. The molecule has 0 bridgehead atoms. The maximum atomic E-state index is 9.82. The van der Waals surface area contributed by atoms with Gasteiger partial charge >= 0.3 is 35.5 Å². The quantitative estimate of drug-likeness (QED) is 0.327. The van der Waals surface area contributed by atoms with Gasteiger partial charge in [0, 0.05) is 13.0 Å². The molecule has 0 spiro atoms. The zero-order chi connectivity index (χ0) is 7.11. The molecule has 0 aromatic rings. The SMILES string of the molecule is N#CCCNCC(=O)O.[H-].[Na+]. The molecular weight excluding hydrogens is 143 g/mol. The third kappa shape index (κ3) is 10.8. The van der Waals surface area contributed by atoms with Crippen LogP contribution in [-0.4, -0.2) is 24.2 Å². The van der Waals surface area contributed by atoms with Crippen molar-refractivity contribution in [2.24, 2.45) is 0 Å². The summed E-state index contributed by atoms with van der Waals surface area (Å²) in [5.41, 5.74) is 0. The number of carboxylic acid groups (broad SMARTS) is 1. The Morgan fingerprint density at radius 2 is 2.40 bits per heavy atom. The van der Waals surface area contributed by atoms with Crippen molar-refractivity contribution in [1.82, 2.24) is 5.32 Å².